The van der Waals surface area contributed by atoms with E-state index in [-0.39, 0.29) is 0 Å². The third-order valence-corrected chi connectivity index (χ3v) is 4.36. The number of rotatable bonds is 6. The molecule has 1 rings (SSSR count). The quantitative estimate of drug-likeness (QED) is 0.736. The van der Waals surface area contributed by atoms with Crippen LogP contribution in [-0.2, 0) is 0 Å². The molecule has 1 saturated heterocycles. The van der Waals surface area contributed by atoms with E-state index >= 15 is 0 Å². The molecule has 1 fully saturated rings. The Kier molecular flexibility index (Phi) is 6.45. The summed E-state index contributed by atoms with van der Waals surface area (Å²) in [5.74, 6) is 2.31. The lowest BCUT2D eigenvalue weighted by Crippen LogP contribution is -2.49. The number of likely N-dealkylation sites (tertiary alicyclic amines) is 1. The van der Waals surface area contributed by atoms with Gasteiger partial charge in [-0.3, -0.25) is 0 Å². The fourth-order valence-corrected chi connectivity index (χ4v) is 3.20. The first kappa shape index (κ1) is 14.9. The standard InChI is InChI=1S/C14H31N3/c1-11(2)13(10-15-3)14(16-4)12-6-8-17(5)9-7-12/h11-16H,6-10H2,1-5H3. The van der Waals surface area contributed by atoms with Gasteiger partial charge in [-0.1, -0.05) is 13.8 Å². The van der Waals surface area contributed by atoms with Crippen LogP contribution in [0.25, 0.3) is 0 Å². The largest absolute Gasteiger partial charge is 0.319 e. The van der Waals surface area contributed by atoms with Crippen LogP contribution in [0.15, 0.2) is 0 Å². The molecule has 0 aromatic heterocycles. The normalized spacial score (nSPS) is 22.9. The van der Waals surface area contributed by atoms with Gasteiger partial charge in [-0.05, 0) is 71.4 Å². The third kappa shape index (κ3) is 4.23. The van der Waals surface area contributed by atoms with Crippen LogP contribution in [0.4, 0.5) is 0 Å². The zero-order valence-corrected chi connectivity index (χ0v) is 12.3. The summed E-state index contributed by atoms with van der Waals surface area (Å²) in [6.45, 7) is 8.33. The summed E-state index contributed by atoms with van der Waals surface area (Å²) in [6, 6.07) is 0.663. The fourth-order valence-electron chi connectivity index (χ4n) is 3.20. The smallest absolute Gasteiger partial charge is 0.0136 e. The van der Waals surface area contributed by atoms with E-state index in [1.54, 1.807) is 0 Å². The second kappa shape index (κ2) is 7.34. The average molecular weight is 241 g/mol. The van der Waals surface area contributed by atoms with Crippen molar-refractivity contribution >= 4 is 0 Å². The number of hydrogen-bond acceptors (Lipinski definition) is 3. The van der Waals surface area contributed by atoms with Gasteiger partial charge in [0.15, 0.2) is 0 Å². The summed E-state index contributed by atoms with van der Waals surface area (Å²) in [7, 11) is 6.43. The van der Waals surface area contributed by atoms with Gasteiger partial charge in [-0.25, -0.2) is 0 Å². The minimum Gasteiger partial charge on any atom is -0.319 e. The van der Waals surface area contributed by atoms with Crippen LogP contribution in [0, 0.1) is 17.8 Å². The molecule has 0 aliphatic carbocycles. The van der Waals surface area contributed by atoms with Crippen LogP contribution in [0.2, 0.25) is 0 Å². The van der Waals surface area contributed by atoms with Crippen LogP contribution in [0.1, 0.15) is 26.7 Å². The summed E-state index contributed by atoms with van der Waals surface area (Å²) < 4.78 is 0. The first-order chi connectivity index (χ1) is 8.10. The molecular formula is C14H31N3. The van der Waals surface area contributed by atoms with Gasteiger partial charge >= 0.3 is 0 Å². The second-order valence-electron chi connectivity index (χ2n) is 5.92. The molecule has 1 aliphatic rings. The Morgan fingerprint density at radius 2 is 1.76 bits per heavy atom. The molecule has 3 heteroatoms. The summed E-state index contributed by atoms with van der Waals surface area (Å²) in [4.78, 5) is 2.45. The minimum absolute atomic E-state index is 0.663. The van der Waals surface area contributed by atoms with Gasteiger partial charge in [0.1, 0.15) is 0 Å². The van der Waals surface area contributed by atoms with Crippen molar-refractivity contribution in [1.29, 1.82) is 0 Å². The molecule has 1 heterocycles. The summed E-state index contributed by atoms with van der Waals surface area (Å²) in [5.41, 5.74) is 0. The Labute approximate surface area is 107 Å². The van der Waals surface area contributed by atoms with Gasteiger partial charge in [0.05, 0.1) is 0 Å². The van der Waals surface area contributed by atoms with Crippen LogP contribution < -0.4 is 10.6 Å². The maximum absolute atomic E-state index is 3.59. The van der Waals surface area contributed by atoms with E-state index in [4.69, 9.17) is 0 Å². The third-order valence-electron chi connectivity index (χ3n) is 4.36. The van der Waals surface area contributed by atoms with Crippen molar-refractivity contribution in [2.45, 2.75) is 32.7 Å². The molecular weight excluding hydrogens is 210 g/mol. The molecule has 17 heavy (non-hydrogen) atoms. The zero-order valence-electron chi connectivity index (χ0n) is 12.3. The Morgan fingerprint density at radius 1 is 1.18 bits per heavy atom. The first-order valence-corrected chi connectivity index (χ1v) is 7.10. The molecule has 3 nitrogen and oxygen atoms in total. The van der Waals surface area contributed by atoms with E-state index in [1.165, 1.54) is 25.9 Å². The average Bonchev–Trinajstić information content (AvgIpc) is 2.31. The minimum atomic E-state index is 0.663. The zero-order chi connectivity index (χ0) is 12.8. The highest BCUT2D eigenvalue weighted by atomic mass is 15.1. The predicted octanol–water partition coefficient (Wildman–Crippen LogP) is 1.41. The van der Waals surface area contributed by atoms with Crippen molar-refractivity contribution in [3.8, 4) is 0 Å². The molecule has 2 N–H and O–H groups in total. The van der Waals surface area contributed by atoms with Gasteiger partial charge in [-0.15, -0.1) is 0 Å². The lowest BCUT2D eigenvalue weighted by Gasteiger charge is -2.39. The maximum Gasteiger partial charge on any atom is 0.0136 e. The summed E-state index contributed by atoms with van der Waals surface area (Å²) in [5, 5.41) is 6.96. The van der Waals surface area contributed by atoms with E-state index < -0.39 is 0 Å². The van der Waals surface area contributed by atoms with Crippen molar-refractivity contribution in [2.75, 3.05) is 40.8 Å². The Bertz CT molecular complexity index is 198. The van der Waals surface area contributed by atoms with Crippen LogP contribution >= 0.6 is 0 Å². The van der Waals surface area contributed by atoms with Crippen molar-refractivity contribution in [1.82, 2.24) is 15.5 Å². The van der Waals surface area contributed by atoms with Gasteiger partial charge in [0.25, 0.3) is 0 Å². The van der Waals surface area contributed by atoms with Crippen LogP contribution in [0.3, 0.4) is 0 Å². The maximum atomic E-state index is 3.59. The second-order valence-corrected chi connectivity index (χ2v) is 5.92. The SMILES string of the molecule is CNCC(C(C)C)C(NC)C1CCN(C)CC1. The molecule has 0 aromatic rings. The topological polar surface area (TPSA) is 27.3 Å². The molecule has 0 aromatic carbocycles. The first-order valence-electron chi connectivity index (χ1n) is 7.10. The van der Waals surface area contributed by atoms with Crippen LogP contribution in [-0.4, -0.2) is 51.7 Å². The number of piperidine rings is 1. The summed E-state index contributed by atoms with van der Waals surface area (Å²) >= 11 is 0. The molecule has 0 saturated carbocycles. The number of nitrogens with one attached hydrogen (secondary N) is 2. The van der Waals surface area contributed by atoms with Gasteiger partial charge < -0.3 is 15.5 Å². The Morgan fingerprint density at radius 3 is 2.18 bits per heavy atom. The molecule has 0 radical (unpaired) electrons. The van der Waals surface area contributed by atoms with Crippen molar-refractivity contribution < 1.29 is 0 Å². The lowest BCUT2D eigenvalue weighted by atomic mass is 9.77. The van der Waals surface area contributed by atoms with Crippen LogP contribution in [0.5, 0.6) is 0 Å². The van der Waals surface area contributed by atoms with E-state index in [0.29, 0.717) is 6.04 Å². The Hall–Kier alpha value is -0.120. The van der Waals surface area contributed by atoms with E-state index in [2.05, 4.69) is 50.5 Å². The Balaban J connectivity index is 2.61. The molecule has 102 valence electrons. The molecule has 0 spiro atoms. The summed E-state index contributed by atoms with van der Waals surface area (Å²) in [6.07, 6.45) is 2.68. The monoisotopic (exact) mass is 241 g/mol. The van der Waals surface area contributed by atoms with E-state index in [0.717, 1.165) is 24.3 Å². The number of hydrogen-bond donors (Lipinski definition) is 2. The van der Waals surface area contributed by atoms with Gasteiger partial charge in [-0.2, -0.15) is 0 Å². The highest BCUT2D eigenvalue weighted by molar-refractivity contribution is 4.87. The van der Waals surface area contributed by atoms with E-state index in [9.17, 15) is 0 Å². The molecule has 0 bridgehead atoms. The fraction of sp³-hybridized carbons (Fsp3) is 1.00. The molecule has 0 amide bonds. The molecule has 2 atom stereocenters. The highest BCUT2D eigenvalue weighted by Gasteiger charge is 2.31. The van der Waals surface area contributed by atoms with Crippen molar-refractivity contribution in [3.05, 3.63) is 0 Å². The van der Waals surface area contributed by atoms with Crippen molar-refractivity contribution in [3.63, 3.8) is 0 Å². The molecule has 1 aliphatic heterocycles. The van der Waals surface area contributed by atoms with E-state index in [1.807, 2.05) is 0 Å². The predicted molar refractivity (Wildman–Crippen MR) is 75.3 cm³/mol. The highest BCUT2D eigenvalue weighted by Crippen LogP contribution is 2.27. The number of nitrogens with zero attached hydrogens (tertiary/aromatic N) is 1. The van der Waals surface area contributed by atoms with Gasteiger partial charge in [0, 0.05) is 6.04 Å². The lowest BCUT2D eigenvalue weighted by molar-refractivity contribution is 0.139. The van der Waals surface area contributed by atoms with Gasteiger partial charge in [0.2, 0.25) is 0 Å². The molecule has 2 unspecified atom stereocenters. The van der Waals surface area contributed by atoms with Crippen molar-refractivity contribution in [2.24, 2.45) is 17.8 Å².